The fourth-order valence-corrected chi connectivity index (χ4v) is 9.44. The molecule has 5 rings (SSSR count). The van der Waals surface area contributed by atoms with Crippen molar-refractivity contribution in [3.63, 3.8) is 0 Å². The van der Waals surface area contributed by atoms with Crippen LogP contribution in [0, 0.1) is 28.6 Å². The summed E-state index contributed by atoms with van der Waals surface area (Å²) in [6.07, 6.45) is 34.9. The second-order valence-electron chi connectivity index (χ2n) is 19.5. The number of hydrogen-bond donors (Lipinski definition) is 0. The van der Waals surface area contributed by atoms with Crippen LogP contribution in [0.2, 0.25) is 0 Å². The normalized spacial score (nSPS) is 18.5. The minimum Gasteiger partial charge on any atom is -0.494 e. The maximum absolute atomic E-state index is 12.9. The van der Waals surface area contributed by atoms with Crippen molar-refractivity contribution in [2.45, 2.75) is 200 Å². The zero-order valence-corrected chi connectivity index (χ0v) is 40.1. The lowest BCUT2D eigenvalue weighted by Gasteiger charge is -2.41. The van der Waals surface area contributed by atoms with Crippen molar-refractivity contribution >= 4 is 11.9 Å². The molecule has 2 heterocycles. The first kappa shape index (κ1) is 51.6. The topological polar surface area (TPSA) is 89.5 Å². The van der Waals surface area contributed by atoms with E-state index < -0.39 is 5.97 Å². The molecule has 0 amide bonds. The summed E-state index contributed by atoms with van der Waals surface area (Å²) in [6.45, 7) is 10.1. The lowest BCUT2D eigenvalue weighted by atomic mass is 9.78. The summed E-state index contributed by atoms with van der Waals surface area (Å²) in [5.74, 6) is 6.01. The second-order valence-corrected chi connectivity index (χ2v) is 19.5. The summed E-state index contributed by atoms with van der Waals surface area (Å²) >= 11 is 0. The monoisotopic (exact) mass is 885 g/mol. The zero-order valence-electron chi connectivity index (χ0n) is 40.1. The second kappa shape index (κ2) is 30.0. The van der Waals surface area contributed by atoms with Crippen molar-refractivity contribution in [3.05, 3.63) is 54.1 Å². The molecule has 0 aromatic heterocycles. The van der Waals surface area contributed by atoms with Crippen molar-refractivity contribution < 1.29 is 38.0 Å². The highest BCUT2D eigenvalue weighted by Gasteiger charge is 2.36. The summed E-state index contributed by atoms with van der Waals surface area (Å²) in [5, 5.41) is 0. The molecule has 0 atom stereocenters. The van der Waals surface area contributed by atoms with Crippen LogP contribution in [0.4, 0.5) is 0 Å². The van der Waals surface area contributed by atoms with Crippen LogP contribution in [0.3, 0.4) is 0 Å². The molecule has 2 saturated heterocycles. The maximum Gasteiger partial charge on any atom is 0.390 e. The smallest absolute Gasteiger partial charge is 0.390 e. The van der Waals surface area contributed by atoms with E-state index >= 15 is 0 Å². The highest BCUT2D eigenvalue weighted by atomic mass is 16.5. The minimum atomic E-state index is -0.656. The third-order valence-electron chi connectivity index (χ3n) is 14.4. The molecule has 0 unspecified atom stereocenters. The van der Waals surface area contributed by atoms with E-state index in [1.54, 1.807) is 24.3 Å². The molecule has 3 fully saturated rings. The van der Waals surface area contributed by atoms with Gasteiger partial charge in [0.15, 0.2) is 0 Å². The molecule has 2 aromatic rings. The van der Waals surface area contributed by atoms with E-state index in [1.807, 2.05) is 24.3 Å². The zero-order chi connectivity index (χ0) is 45.0. The maximum atomic E-state index is 12.9. The van der Waals surface area contributed by atoms with Gasteiger partial charge in [-0.05, 0) is 113 Å². The van der Waals surface area contributed by atoms with Crippen LogP contribution < -0.4 is 14.2 Å². The molecule has 1 aliphatic carbocycles. The first-order valence-electron chi connectivity index (χ1n) is 26.0. The Morgan fingerprint density at radius 2 is 0.953 bits per heavy atom. The van der Waals surface area contributed by atoms with Crippen LogP contribution in [0.15, 0.2) is 48.5 Å². The van der Waals surface area contributed by atoms with E-state index in [0.29, 0.717) is 34.5 Å². The van der Waals surface area contributed by atoms with Gasteiger partial charge in [0, 0.05) is 28.9 Å². The van der Waals surface area contributed by atoms with Crippen molar-refractivity contribution in [2.75, 3.05) is 39.6 Å². The summed E-state index contributed by atoms with van der Waals surface area (Å²) in [5.41, 5.74) is 1.74. The third-order valence-corrected chi connectivity index (χ3v) is 14.4. The van der Waals surface area contributed by atoms with Crippen LogP contribution >= 0.6 is 0 Å². The van der Waals surface area contributed by atoms with Gasteiger partial charge in [0.1, 0.15) is 17.2 Å². The Morgan fingerprint density at radius 1 is 0.531 bits per heavy atom. The fourth-order valence-electron chi connectivity index (χ4n) is 9.44. The largest absolute Gasteiger partial charge is 0.494 e. The predicted octanol–water partition coefficient (Wildman–Crippen LogP) is 13.9. The van der Waals surface area contributed by atoms with Gasteiger partial charge in [-0.15, -0.1) is 0 Å². The fraction of sp³-hybridized carbons (Fsp3) is 0.714. The molecule has 2 aliphatic heterocycles. The molecule has 8 heteroatoms. The number of benzene rings is 2. The lowest BCUT2D eigenvalue weighted by molar-refractivity contribution is -0.141. The van der Waals surface area contributed by atoms with Crippen LogP contribution in [-0.4, -0.2) is 57.7 Å². The molecule has 3 aliphatic rings. The van der Waals surface area contributed by atoms with Crippen molar-refractivity contribution in [1.82, 2.24) is 0 Å². The SMILES string of the molecule is CCC1(CCCCCCCCCCCCOc2ccc(C#CC(=O)Oc3ccc(OC(=O)C4CCC(OCCCCCCCCCCCCC5(CC)COC5)CC4)cc3)cc2)COC1. The minimum absolute atomic E-state index is 0.125. The molecule has 0 N–H and O–H groups in total. The highest BCUT2D eigenvalue weighted by molar-refractivity contribution is 5.90. The van der Waals surface area contributed by atoms with Gasteiger partial charge < -0.3 is 28.4 Å². The Morgan fingerprint density at radius 3 is 1.41 bits per heavy atom. The molecule has 0 radical (unpaired) electrons. The summed E-state index contributed by atoms with van der Waals surface area (Å²) in [4.78, 5) is 25.3. The molecule has 0 spiro atoms. The average Bonchev–Trinajstić information content (AvgIpc) is 3.29. The van der Waals surface area contributed by atoms with Crippen LogP contribution in [-0.2, 0) is 23.8 Å². The van der Waals surface area contributed by atoms with Gasteiger partial charge >= 0.3 is 11.9 Å². The summed E-state index contributed by atoms with van der Waals surface area (Å²) in [7, 11) is 0. The van der Waals surface area contributed by atoms with E-state index in [2.05, 4.69) is 25.7 Å². The number of unbranched alkanes of at least 4 members (excludes halogenated alkanes) is 18. The number of carbonyl (C=O) groups excluding carboxylic acids is 2. The van der Waals surface area contributed by atoms with Gasteiger partial charge in [0.05, 0.1) is 45.1 Å². The van der Waals surface area contributed by atoms with E-state index in [9.17, 15) is 9.59 Å². The standard InChI is InChI=1S/C56H84O8/c1-3-55(43-59-44-55)39-21-17-13-9-5-7-11-15-19-23-41-61-49-30-25-47(26-31-49)27-38-53(57)63-51-34-36-52(37-35-51)64-54(58)48-28-32-50(33-29-48)62-42-24-20-16-12-8-6-10-14-18-22-40-56(4-2)45-60-46-56/h25-26,30-31,34-37,48,50H,3-24,28-29,32-33,39-46H2,1-2H3. The van der Waals surface area contributed by atoms with Crippen LogP contribution in [0.1, 0.15) is 199 Å². The van der Waals surface area contributed by atoms with Crippen molar-refractivity contribution in [3.8, 4) is 29.1 Å². The van der Waals surface area contributed by atoms with Gasteiger partial charge in [0.2, 0.25) is 0 Å². The first-order chi connectivity index (χ1) is 31.4. The molecular formula is C56H84O8. The molecular weight excluding hydrogens is 801 g/mol. The molecule has 64 heavy (non-hydrogen) atoms. The Bertz CT molecular complexity index is 1610. The Hall–Kier alpha value is -3.38. The Labute approximate surface area is 388 Å². The number of rotatable bonds is 33. The molecule has 0 bridgehead atoms. The van der Waals surface area contributed by atoms with Gasteiger partial charge in [-0.1, -0.05) is 135 Å². The van der Waals surface area contributed by atoms with Crippen LogP contribution in [0.25, 0.3) is 0 Å². The van der Waals surface area contributed by atoms with Gasteiger partial charge in [-0.2, -0.15) is 0 Å². The molecule has 1 saturated carbocycles. The van der Waals surface area contributed by atoms with Gasteiger partial charge in [-0.25, -0.2) is 4.79 Å². The molecule has 2 aromatic carbocycles. The van der Waals surface area contributed by atoms with E-state index in [0.717, 1.165) is 77.3 Å². The van der Waals surface area contributed by atoms with Crippen molar-refractivity contribution in [2.24, 2.45) is 16.7 Å². The number of esters is 2. The summed E-state index contributed by atoms with van der Waals surface area (Å²) in [6, 6.07) is 14.0. The predicted molar refractivity (Wildman–Crippen MR) is 257 cm³/mol. The average molecular weight is 885 g/mol. The third kappa shape index (κ3) is 19.6. The van der Waals surface area contributed by atoms with Crippen LogP contribution in [0.5, 0.6) is 17.2 Å². The van der Waals surface area contributed by atoms with Crippen molar-refractivity contribution in [1.29, 1.82) is 0 Å². The summed E-state index contributed by atoms with van der Waals surface area (Å²) < 4.78 is 34.1. The molecule has 8 nitrogen and oxygen atoms in total. The number of hydrogen-bond acceptors (Lipinski definition) is 8. The van der Waals surface area contributed by atoms with Gasteiger partial charge in [0.25, 0.3) is 0 Å². The quantitative estimate of drug-likeness (QED) is 0.0303. The Balaban J connectivity index is 0.812. The Kier molecular flexibility index (Phi) is 24.2. The molecule has 356 valence electrons. The van der Waals surface area contributed by atoms with E-state index in [4.69, 9.17) is 28.4 Å². The van der Waals surface area contributed by atoms with E-state index in [-0.39, 0.29) is 18.0 Å². The first-order valence-corrected chi connectivity index (χ1v) is 26.0. The number of ether oxygens (including phenoxy) is 6. The number of carbonyl (C=O) groups is 2. The lowest BCUT2D eigenvalue weighted by Crippen LogP contribution is -2.41. The van der Waals surface area contributed by atoms with E-state index in [1.165, 1.54) is 141 Å². The highest BCUT2D eigenvalue weighted by Crippen LogP contribution is 2.38. The van der Waals surface area contributed by atoms with Gasteiger partial charge in [-0.3, -0.25) is 4.79 Å².